The van der Waals surface area contributed by atoms with Gasteiger partial charge in [0.05, 0.1) is 29.3 Å². The summed E-state index contributed by atoms with van der Waals surface area (Å²) in [6.45, 7) is 1.96. The van der Waals surface area contributed by atoms with Crippen LogP contribution >= 0.6 is 0 Å². The number of H-pyrrole nitrogens is 1. The van der Waals surface area contributed by atoms with Crippen LogP contribution in [0.15, 0.2) is 18.6 Å². The molecule has 9 heteroatoms. The van der Waals surface area contributed by atoms with Gasteiger partial charge < -0.3 is 15.1 Å². The van der Waals surface area contributed by atoms with E-state index in [0.717, 1.165) is 37.2 Å². The van der Waals surface area contributed by atoms with Gasteiger partial charge in [-0.3, -0.25) is 19.4 Å². The van der Waals surface area contributed by atoms with Gasteiger partial charge in [0.1, 0.15) is 6.54 Å². The van der Waals surface area contributed by atoms with Crippen molar-refractivity contribution in [3.63, 3.8) is 0 Å². The number of nitrogens with zero attached hydrogens (tertiary/aromatic N) is 5. The lowest BCUT2D eigenvalue weighted by Gasteiger charge is -2.33. The highest BCUT2D eigenvalue weighted by Gasteiger charge is 2.32. The van der Waals surface area contributed by atoms with Crippen molar-refractivity contribution in [3.05, 3.63) is 29.8 Å². The van der Waals surface area contributed by atoms with Crippen molar-refractivity contribution in [1.29, 1.82) is 0 Å². The van der Waals surface area contributed by atoms with Gasteiger partial charge in [-0.1, -0.05) is 6.42 Å². The van der Waals surface area contributed by atoms with Gasteiger partial charge in [-0.2, -0.15) is 10.2 Å². The monoisotopic (exact) mass is 357 g/mol. The van der Waals surface area contributed by atoms with E-state index in [4.69, 9.17) is 0 Å². The summed E-state index contributed by atoms with van der Waals surface area (Å²) in [6.07, 6.45) is 8.31. The first-order chi connectivity index (χ1) is 12.6. The van der Waals surface area contributed by atoms with E-state index in [1.165, 1.54) is 0 Å². The quantitative estimate of drug-likeness (QED) is 0.831. The zero-order chi connectivity index (χ0) is 18.1. The van der Waals surface area contributed by atoms with Crippen molar-refractivity contribution in [1.82, 2.24) is 30.2 Å². The molecule has 2 N–H and O–H groups in total. The number of aryl methyl sites for hydroxylation is 1. The van der Waals surface area contributed by atoms with Crippen LogP contribution in [0.25, 0.3) is 0 Å². The number of hydrogen-bond donors (Lipinski definition) is 2. The molecule has 2 fully saturated rings. The Labute approximate surface area is 151 Å². The number of hydrogen-bond acceptors (Lipinski definition) is 5. The van der Waals surface area contributed by atoms with Gasteiger partial charge in [-0.15, -0.1) is 0 Å². The van der Waals surface area contributed by atoms with Crippen molar-refractivity contribution in [2.75, 3.05) is 31.1 Å². The van der Waals surface area contributed by atoms with E-state index in [-0.39, 0.29) is 24.4 Å². The second kappa shape index (κ2) is 6.91. The summed E-state index contributed by atoms with van der Waals surface area (Å²) in [4.78, 5) is 28.8. The first-order valence-electron chi connectivity index (χ1n) is 8.98. The van der Waals surface area contributed by atoms with E-state index in [0.29, 0.717) is 18.7 Å². The Morgan fingerprint density at radius 2 is 2.15 bits per heavy atom. The molecule has 0 bridgehead atoms. The van der Waals surface area contributed by atoms with Gasteiger partial charge >= 0.3 is 0 Å². The molecule has 9 nitrogen and oxygen atoms in total. The Kier molecular flexibility index (Phi) is 4.46. The first kappa shape index (κ1) is 16.8. The number of piperazine rings is 1. The average Bonchev–Trinajstić information content (AvgIpc) is 3.31. The molecule has 138 valence electrons. The maximum Gasteiger partial charge on any atom is 0.257 e. The number of piperidine rings is 1. The topological polar surface area (TPSA) is 99.1 Å². The summed E-state index contributed by atoms with van der Waals surface area (Å²) in [5.74, 6) is -0.237. The van der Waals surface area contributed by atoms with Crippen molar-refractivity contribution >= 4 is 17.5 Å². The molecule has 0 saturated carbocycles. The van der Waals surface area contributed by atoms with Crippen LogP contribution in [0.4, 0.5) is 5.69 Å². The predicted molar refractivity (Wildman–Crippen MR) is 94.6 cm³/mol. The lowest BCUT2D eigenvalue weighted by molar-refractivity contribution is -0.120. The summed E-state index contributed by atoms with van der Waals surface area (Å²) in [5, 5.41) is 14.6. The van der Waals surface area contributed by atoms with E-state index in [2.05, 4.69) is 20.6 Å². The van der Waals surface area contributed by atoms with Crippen LogP contribution in [-0.2, 0) is 11.8 Å². The lowest BCUT2D eigenvalue weighted by Crippen LogP contribution is -2.52. The first-order valence-corrected chi connectivity index (χ1v) is 8.98. The molecule has 2 aromatic heterocycles. The van der Waals surface area contributed by atoms with Gasteiger partial charge in [0.2, 0.25) is 5.91 Å². The van der Waals surface area contributed by atoms with Gasteiger partial charge in [0.25, 0.3) is 5.91 Å². The molecule has 2 saturated heterocycles. The molecular formula is C17H23N7O2. The number of rotatable bonds is 3. The minimum Gasteiger partial charge on any atom is -0.327 e. The van der Waals surface area contributed by atoms with Gasteiger partial charge in [-0.25, -0.2) is 0 Å². The molecule has 2 aliphatic rings. The molecule has 26 heavy (non-hydrogen) atoms. The van der Waals surface area contributed by atoms with Crippen LogP contribution in [0.2, 0.25) is 0 Å². The van der Waals surface area contributed by atoms with Crippen LogP contribution in [0, 0.1) is 0 Å². The van der Waals surface area contributed by atoms with E-state index in [9.17, 15) is 9.59 Å². The second-order valence-corrected chi connectivity index (χ2v) is 6.84. The highest BCUT2D eigenvalue weighted by molar-refractivity contribution is 6.02. The van der Waals surface area contributed by atoms with E-state index in [1.807, 2.05) is 7.05 Å². The Balaban J connectivity index is 1.47. The number of aromatic amines is 1. The zero-order valence-corrected chi connectivity index (χ0v) is 14.8. The Bertz CT molecular complexity index is 806. The van der Waals surface area contributed by atoms with E-state index >= 15 is 0 Å². The summed E-state index contributed by atoms with van der Waals surface area (Å²) >= 11 is 0. The van der Waals surface area contributed by atoms with Crippen molar-refractivity contribution in [3.8, 4) is 0 Å². The van der Waals surface area contributed by atoms with Crippen molar-refractivity contribution in [2.24, 2.45) is 7.05 Å². The maximum atomic E-state index is 13.0. The molecule has 2 aliphatic heterocycles. The largest absolute Gasteiger partial charge is 0.327 e. The van der Waals surface area contributed by atoms with Crippen molar-refractivity contribution in [2.45, 2.75) is 25.3 Å². The fraction of sp³-hybridized carbons (Fsp3) is 0.529. The molecule has 2 amide bonds. The standard InChI is InChI=1S/C17H23N7O2/c1-22-10-12(8-20-22)24-7-6-23(11-15(24)25)17(26)13-9-19-21-16(13)14-4-2-3-5-18-14/h8-10,14,18H,2-7,11H2,1H3,(H,19,21). The number of carbonyl (C=O) groups excluding carboxylic acids is 2. The third kappa shape index (κ3) is 3.10. The summed E-state index contributed by atoms with van der Waals surface area (Å²) in [7, 11) is 1.81. The number of anilines is 1. The molecule has 2 aromatic rings. The molecule has 4 rings (SSSR count). The molecule has 0 radical (unpaired) electrons. The van der Waals surface area contributed by atoms with Crippen LogP contribution in [0.5, 0.6) is 0 Å². The normalized spacial score (nSPS) is 21.3. The third-order valence-electron chi connectivity index (χ3n) is 5.07. The molecule has 0 spiro atoms. The van der Waals surface area contributed by atoms with Gasteiger partial charge in [0, 0.05) is 32.4 Å². The Morgan fingerprint density at radius 1 is 1.27 bits per heavy atom. The minimum atomic E-state index is -0.139. The highest BCUT2D eigenvalue weighted by Crippen LogP contribution is 2.25. The molecular weight excluding hydrogens is 334 g/mol. The fourth-order valence-electron chi connectivity index (χ4n) is 3.67. The van der Waals surface area contributed by atoms with Crippen molar-refractivity contribution < 1.29 is 9.59 Å². The van der Waals surface area contributed by atoms with Gasteiger partial charge in [0.15, 0.2) is 0 Å². The maximum absolute atomic E-state index is 13.0. The highest BCUT2D eigenvalue weighted by atomic mass is 16.2. The average molecular weight is 357 g/mol. The summed E-state index contributed by atoms with van der Waals surface area (Å²) in [5.41, 5.74) is 2.16. The van der Waals surface area contributed by atoms with Crippen LogP contribution in [0.3, 0.4) is 0 Å². The Hall–Kier alpha value is -2.68. The predicted octanol–water partition coefficient (Wildman–Crippen LogP) is 0.447. The SMILES string of the molecule is Cn1cc(N2CCN(C(=O)c3cn[nH]c3C3CCCCN3)CC2=O)cn1. The van der Waals surface area contributed by atoms with E-state index < -0.39 is 0 Å². The number of carbonyl (C=O) groups is 2. The number of nitrogens with one attached hydrogen (secondary N) is 2. The number of amides is 2. The Morgan fingerprint density at radius 3 is 2.85 bits per heavy atom. The molecule has 4 heterocycles. The van der Waals surface area contributed by atoms with Crippen LogP contribution in [-0.4, -0.2) is 62.9 Å². The second-order valence-electron chi connectivity index (χ2n) is 6.84. The molecule has 1 atom stereocenters. The smallest absolute Gasteiger partial charge is 0.257 e. The zero-order valence-electron chi connectivity index (χ0n) is 14.8. The van der Waals surface area contributed by atoms with E-state index in [1.54, 1.807) is 33.1 Å². The van der Waals surface area contributed by atoms with Crippen LogP contribution in [0.1, 0.15) is 41.4 Å². The lowest BCUT2D eigenvalue weighted by atomic mass is 9.99. The molecule has 1 unspecified atom stereocenters. The third-order valence-corrected chi connectivity index (χ3v) is 5.07. The fourth-order valence-corrected chi connectivity index (χ4v) is 3.67. The van der Waals surface area contributed by atoms with Gasteiger partial charge in [-0.05, 0) is 19.4 Å². The molecule has 0 aromatic carbocycles. The summed E-state index contributed by atoms with van der Waals surface area (Å²) in [6, 6.07) is 0.123. The van der Waals surface area contributed by atoms with Crippen LogP contribution < -0.4 is 10.2 Å². The summed E-state index contributed by atoms with van der Waals surface area (Å²) < 4.78 is 1.66. The molecule has 0 aliphatic carbocycles. The minimum absolute atomic E-state index is 0.0659. The number of aromatic nitrogens is 4.